The fourth-order valence-corrected chi connectivity index (χ4v) is 2.81. The van der Waals surface area contributed by atoms with Gasteiger partial charge in [-0.1, -0.05) is 47.1 Å². The van der Waals surface area contributed by atoms with E-state index in [0.29, 0.717) is 21.6 Å². The van der Waals surface area contributed by atoms with Gasteiger partial charge in [0.1, 0.15) is 5.02 Å². The van der Waals surface area contributed by atoms with Gasteiger partial charge in [0.15, 0.2) is 5.16 Å². The molecule has 0 saturated heterocycles. The predicted octanol–water partition coefficient (Wildman–Crippen LogP) is 3.15. The van der Waals surface area contributed by atoms with Gasteiger partial charge in [-0.3, -0.25) is 4.79 Å². The van der Waals surface area contributed by atoms with Crippen molar-refractivity contribution >= 4 is 35.0 Å². The number of hydrogen-bond donors (Lipinski definition) is 2. The molecular formula is C13H9Cl2N5OS. The topological polar surface area (TPSA) is 87.3 Å². The average molecular weight is 354 g/mol. The molecule has 0 bridgehead atoms. The Kier molecular flexibility index (Phi) is 4.47. The van der Waals surface area contributed by atoms with Gasteiger partial charge in [0.25, 0.3) is 5.56 Å². The molecule has 0 aliphatic heterocycles. The van der Waals surface area contributed by atoms with E-state index in [1.54, 1.807) is 30.5 Å². The van der Waals surface area contributed by atoms with Gasteiger partial charge in [-0.2, -0.15) is 15.4 Å². The molecule has 3 aromatic rings. The molecule has 1 aromatic carbocycles. The molecule has 9 heteroatoms. The number of benzene rings is 1. The smallest absolute Gasteiger partial charge is 0.270 e. The van der Waals surface area contributed by atoms with Crippen molar-refractivity contribution < 1.29 is 0 Å². The van der Waals surface area contributed by atoms with E-state index in [2.05, 4.69) is 25.4 Å². The molecule has 0 aliphatic carbocycles. The fourth-order valence-electron chi connectivity index (χ4n) is 1.74. The minimum absolute atomic E-state index is 0.0492. The van der Waals surface area contributed by atoms with Gasteiger partial charge in [-0.15, -0.1) is 0 Å². The lowest BCUT2D eigenvalue weighted by Crippen LogP contribution is -2.11. The van der Waals surface area contributed by atoms with Crippen LogP contribution in [0.25, 0.3) is 11.3 Å². The zero-order valence-electron chi connectivity index (χ0n) is 11.0. The zero-order chi connectivity index (χ0) is 15.5. The molecule has 3 rings (SSSR count). The van der Waals surface area contributed by atoms with Crippen molar-refractivity contribution in [3.8, 4) is 11.3 Å². The van der Waals surface area contributed by atoms with Crippen LogP contribution in [-0.4, -0.2) is 25.4 Å². The third-order valence-corrected chi connectivity index (χ3v) is 4.29. The van der Waals surface area contributed by atoms with E-state index in [0.717, 1.165) is 11.3 Å². The van der Waals surface area contributed by atoms with Crippen LogP contribution in [0, 0.1) is 0 Å². The quantitative estimate of drug-likeness (QED) is 0.555. The van der Waals surface area contributed by atoms with Gasteiger partial charge in [0.05, 0.1) is 17.6 Å². The number of thioether (sulfide) groups is 1. The number of aromatic nitrogens is 5. The van der Waals surface area contributed by atoms with Crippen LogP contribution in [0.5, 0.6) is 0 Å². The Bertz CT molecular complexity index is 833. The predicted molar refractivity (Wildman–Crippen MR) is 86.3 cm³/mol. The summed E-state index contributed by atoms with van der Waals surface area (Å²) in [6.45, 7) is 0. The zero-order valence-corrected chi connectivity index (χ0v) is 13.3. The van der Waals surface area contributed by atoms with Crippen LogP contribution in [0.3, 0.4) is 0 Å². The molecule has 22 heavy (non-hydrogen) atoms. The van der Waals surface area contributed by atoms with Crippen LogP contribution < -0.4 is 5.56 Å². The van der Waals surface area contributed by atoms with Crippen LogP contribution in [0.2, 0.25) is 10.0 Å². The maximum Gasteiger partial charge on any atom is 0.270 e. The Balaban J connectivity index is 1.92. The highest BCUT2D eigenvalue weighted by Gasteiger charge is 2.12. The Hall–Kier alpha value is -1.83. The minimum Gasteiger partial charge on any atom is -0.300 e. The first-order valence-corrected chi connectivity index (χ1v) is 7.91. The third kappa shape index (κ3) is 3.32. The summed E-state index contributed by atoms with van der Waals surface area (Å²) >= 11 is 13.3. The highest BCUT2D eigenvalue weighted by atomic mass is 35.5. The lowest BCUT2D eigenvalue weighted by molar-refractivity contribution is 0.921. The van der Waals surface area contributed by atoms with E-state index in [9.17, 15) is 4.79 Å². The number of halogens is 2. The molecule has 0 amide bonds. The van der Waals surface area contributed by atoms with E-state index in [1.807, 2.05) is 0 Å². The molecule has 0 spiro atoms. The third-order valence-electron chi connectivity index (χ3n) is 2.78. The first-order chi connectivity index (χ1) is 10.6. The van der Waals surface area contributed by atoms with E-state index < -0.39 is 0 Å². The molecule has 2 heterocycles. The first-order valence-electron chi connectivity index (χ1n) is 6.16. The molecular weight excluding hydrogens is 345 g/mol. The normalized spacial score (nSPS) is 10.8. The first kappa shape index (κ1) is 15.1. The summed E-state index contributed by atoms with van der Waals surface area (Å²) in [4.78, 5) is 19.0. The van der Waals surface area contributed by atoms with E-state index in [1.165, 1.54) is 11.8 Å². The van der Waals surface area contributed by atoms with Crippen LogP contribution in [0.1, 0.15) is 5.69 Å². The average Bonchev–Trinajstić information content (AvgIpc) is 3.03. The van der Waals surface area contributed by atoms with Crippen molar-refractivity contribution in [2.45, 2.75) is 10.9 Å². The van der Waals surface area contributed by atoms with Gasteiger partial charge in [0.2, 0.25) is 0 Å². The van der Waals surface area contributed by atoms with Crippen molar-refractivity contribution in [3.05, 3.63) is 56.6 Å². The molecule has 112 valence electrons. The molecule has 0 atom stereocenters. The Morgan fingerprint density at radius 1 is 1.18 bits per heavy atom. The van der Waals surface area contributed by atoms with Crippen LogP contribution in [-0.2, 0) is 5.75 Å². The van der Waals surface area contributed by atoms with Crippen LogP contribution >= 0.6 is 35.0 Å². The molecule has 2 N–H and O–H groups in total. The summed E-state index contributed by atoms with van der Waals surface area (Å²) in [5, 5.41) is 11.3. The van der Waals surface area contributed by atoms with Gasteiger partial charge >= 0.3 is 0 Å². The fraction of sp³-hybridized carbons (Fsp3) is 0.0769. The molecule has 6 nitrogen and oxygen atoms in total. The molecule has 0 radical (unpaired) electrons. The second kappa shape index (κ2) is 6.51. The number of rotatable bonds is 4. The Morgan fingerprint density at radius 2 is 1.95 bits per heavy atom. The Morgan fingerprint density at radius 3 is 2.64 bits per heavy atom. The number of H-pyrrole nitrogens is 2. The van der Waals surface area contributed by atoms with Crippen LogP contribution in [0.15, 0.2) is 40.4 Å². The second-order valence-corrected chi connectivity index (χ2v) is 6.07. The number of hydrogen-bond acceptors (Lipinski definition) is 5. The van der Waals surface area contributed by atoms with Crippen LogP contribution in [0.4, 0.5) is 0 Å². The summed E-state index contributed by atoms with van der Waals surface area (Å²) in [5.41, 5.74) is 1.52. The SMILES string of the molecule is O=c1[nH]c(SCc2cn[nH]n2)nc(-c2ccc(Cl)cc2)c1Cl. The molecule has 0 saturated carbocycles. The molecule has 0 aliphatic rings. The van der Waals surface area contributed by atoms with E-state index in [4.69, 9.17) is 23.2 Å². The summed E-state index contributed by atoms with van der Waals surface area (Å²) in [5.74, 6) is 0.529. The van der Waals surface area contributed by atoms with Gasteiger partial charge in [0, 0.05) is 16.3 Å². The standard InChI is InChI=1S/C13H9Cl2N5OS/c14-8-3-1-7(2-4-8)11-10(15)12(21)18-13(17-11)22-6-9-5-16-20-19-9/h1-5H,6H2,(H,16,19,20)(H,17,18,21). The maximum atomic E-state index is 12.0. The van der Waals surface area contributed by atoms with Crippen molar-refractivity contribution in [3.63, 3.8) is 0 Å². The van der Waals surface area contributed by atoms with Gasteiger partial charge < -0.3 is 4.98 Å². The van der Waals surface area contributed by atoms with Crippen molar-refractivity contribution in [2.75, 3.05) is 0 Å². The number of nitrogens with zero attached hydrogens (tertiary/aromatic N) is 3. The summed E-state index contributed by atoms with van der Waals surface area (Å²) in [6, 6.07) is 6.97. The van der Waals surface area contributed by atoms with Crippen molar-refractivity contribution in [1.82, 2.24) is 25.4 Å². The lowest BCUT2D eigenvalue weighted by Gasteiger charge is -2.06. The summed E-state index contributed by atoms with van der Waals surface area (Å²) < 4.78 is 0. The monoisotopic (exact) mass is 353 g/mol. The number of nitrogens with one attached hydrogen (secondary N) is 2. The number of aromatic amines is 2. The molecule has 0 fully saturated rings. The highest BCUT2D eigenvalue weighted by molar-refractivity contribution is 7.98. The van der Waals surface area contributed by atoms with Gasteiger partial charge in [-0.25, -0.2) is 4.98 Å². The maximum absolute atomic E-state index is 12.0. The summed E-state index contributed by atoms with van der Waals surface area (Å²) in [6.07, 6.45) is 1.61. The highest BCUT2D eigenvalue weighted by Crippen LogP contribution is 2.27. The molecule has 2 aromatic heterocycles. The second-order valence-electron chi connectivity index (χ2n) is 4.29. The van der Waals surface area contributed by atoms with Gasteiger partial charge in [-0.05, 0) is 12.1 Å². The van der Waals surface area contributed by atoms with E-state index in [-0.39, 0.29) is 10.6 Å². The Labute approximate surface area is 139 Å². The lowest BCUT2D eigenvalue weighted by atomic mass is 10.1. The van der Waals surface area contributed by atoms with E-state index >= 15 is 0 Å². The summed E-state index contributed by atoms with van der Waals surface area (Å²) in [7, 11) is 0. The van der Waals surface area contributed by atoms with Crippen molar-refractivity contribution in [2.24, 2.45) is 0 Å². The largest absolute Gasteiger partial charge is 0.300 e. The molecule has 0 unspecified atom stereocenters. The van der Waals surface area contributed by atoms with Crippen molar-refractivity contribution in [1.29, 1.82) is 0 Å². The minimum atomic E-state index is -0.385.